The molecule has 1 aliphatic heterocycles. The van der Waals surface area contributed by atoms with Gasteiger partial charge in [-0.2, -0.15) is 0 Å². The van der Waals surface area contributed by atoms with E-state index < -0.39 is 0 Å². The number of hydrogen-bond acceptors (Lipinski definition) is 3. The Morgan fingerprint density at radius 3 is 2.91 bits per heavy atom. The molecule has 3 rings (SSSR count). The van der Waals surface area contributed by atoms with E-state index in [1.165, 1.54) is 5.56 Å². The molecule has 0 fully saturated rings. The summed E-state index contributed by atoms with van der Waals surface area (Å²) in [6, 6.07) is 9.30. The number of nitrogens with one attached hydrogen (secondary N) is 1. The highest BCUT2D eigenvalue weighted by Gasteiger charge is 2.15. The molecule has 0 radical (unpaired) electrons. The molecule has 5 heteroatoms. The van der Waals surface area contributed by atoms with E-state index in [9.17, 15) is 9.59 Å². The average Bonchev–Trinajstić information content (AvgIpc) is 3.00. The van der Waals surface area contributed by atoms with Gasteiger partial charge in [0, 0.05) is 25.2 Å². The summed E-state index contributed by atoms with van der Waals surface area (Å²) in [6.45, 7) is 5.41. The number of hydrogen-bond donors (Lipinski definition) is 1. The van der Waals surface area contributed by atoms with E-state index in [0.717, 1.165) is 23.4 Å². The Hall–Kier alpha value is -2.56. The van der Waals surface area contributed by atoms with Crippen LogP contribution in [0.2, 0.25) is 0 Å². The van der Waals surface area contributed by atoms with Crippen LogP contribution in [0, 0.1) is 6.92 Å². The summed E-state index contributed by atoms with van der Waals surface area (Å²) in [5.74, 6) is 0.582. The number of aryl methyl sites for hydroxylation is 1. The molecule has 0 spiro atoms. The molecule has 1 aromatic carbocycles. The molecule has 0 atom stereocenters. The molecule has 0 saturated carbocycles. The summed E-state index contributed by atoms with van der Waals surface area (Å²) in [7, 11) is 0. The molecule has 1 aliphatic rings. The van der Waals surface area contributed by atoms with Crippen LogP contribution < -0.4 is 15.6 Å². The first-order chi connectivity index (χ1) is 11.1. The maximum atomic E-state index is 12.3. The second kappa shape index (κ2) is 6.28. The molecule has 1 aromatic heterocycles. The lowest BCUT2D eigenvalue weighted by atomic mass is 10.1. The molecule has 0 unspecified atom stereocenters. The standard InChI is InChI=1S/C18H20N2O3/c1-3-20-12(2)4-6-15(18(20)22)17(21)19-11-13-5-7-16-14(10-13)8-9-23-16/h4-7,10H,3,8-9,11H2,1-2H3,(H,19,21). The minimum Gasteiger partial charge on any atom is -0.493 e. The molecule has 5 nitrogen and oxygen atoms in total. The molecular formula is C18H20N2O3. The number of amides is 1. The van der Waals surface area contributed by atoms with Gasteiger partial charge in [0.25, 0.3) is 11.5 Å². The third-order valence-corrected chi connectivity index (χ3v) is 4.16. The van der Waals surface area contributed by atoms with Gasteiger partial charge in [-0.15, -0.1) is 0 Å². The predicted molar refractivity (Wildman–Crippen MR) is 87.9 cm³/mol. The summed E-state index contributed by atoms with van der Waals surface area (Å²) in [5.41, 5.74) is 2.97. The van der Waals surface area contributed by atoms with Gasteiger partial charge in [-0.3, -0.25) is 9.59 Å². The normalized spacial score (nSPS) is 12.6. The van der Waals surface area contributed by atoms with Crippen LogP contribution in [0.1, 0.15) is 34.1 Å². The Morgan fingerprint density at radius 1 is 1.30 bits per heavy atom. The topological polar surface area (TPSA) is 60.3 Å². The van der Waals surface area contributed by atoms with Gasteiger partial charge in [-0.05, 0) is 43.2 Å². The zero-order chi connectivity index (χ0) is 16.4. The fourth-order valence-corrected chi connectivity index (χ4v) is 2.86. The minimum atomic E-state index is -0.339. The van der Waals surface area contributed by atoms with Gasteiger partial charge in [0.15, 0.2) is 0 Å². The van der Waals surface area contributed by atoms with Crippen LogP contribution in [0.3, 0.4) is 0 Å². The van der Waals surface area contributed by atoms with Crippen molar-refractivity contribution in [2.75, 3.05) is 6.61 Å². The van der Waals surface area contributed by atoms with Gasteiger partial charge in [0.1, 0.15) is 11.3 Å². The van der Waals surface area contributed by atoms with Crippen LogP contribution in [-0.4, -0.2) is 17.1 Å². The summed E-state index contributed by atoms with van der Waals surface area (Å²) >= 11 is 0. The number of fused-ring (bicyclic) bond motifs is 1. The summed E-state index contributed by atoms with van der Waals surface area (Å²) in [6.07, 6.45) is 0.899. The van der Waals surface area contributed by atoms with E-state index in [4.69, 9.17) is 4.74 Å². The van der Waals surface area contributed by atoms with E-state index in [1.807, 2.05) is 32.0 Å². The van der Waals surface area contributed by atoms with Crippen molar-refractivity contribution in [3.05, 3.63) is 63.1 Å². The zero-order valence-electron chi connectivity index (χ0n) is 13.4. The van der Waals surface area contributed by atoms with Gasteiger partial charge in [0.05, 0.1) is 6.61 Å². The summed E-state index contributed by atoms with van der Waals surface area (Å²) < 4.78 is 7.07. The van der Waals surface area contributed by atoms with Crippen molar-refractivity contribution in [3.63, 3.8) is 0 Å². The van der Waals surface area contributed by atoms with Crippen molar-refractivity contribution in [3.8, 4) is 5.75 Å². The Morgan fingerprint density at radius 2 is 2.13 bits per heavy atom. The molecule has 0 saturated heterocycles. The van der Waals surface area contributed by atoms with Gasteiger partial charge < -0.3 is 14.6 Å². The Bertz CT molecular complexity index is 808. The molecular weight excluding hydrogens is 292 g/mol. The minimum absolute atomic E-state index is 0.182. The third kappa shape index (κ3) is 2.99. The third-order valence-electron chi connectivity index (χ3n) is 4.16. The lowest BCUT2D eigenvalue weighted by Crippen LogP contribution is -2.33. The molecule has 0 bridgehead atoms. The highest BCUT2D eigenvalue weighted by atomic mass is 16.5. The molecule has 0 aliphatic carbocycles. The number of aromatic nitrogens is 1. The van der Waals surface area contributed by atoms with Gasteiger partial charge in [-0.25, -0.2) is 0 Å². The Kier molecular flexibility index (Phi) is 4.19. The monoisotopic (exact) mass is 312 g/mol. The van der Waals surface area contributed by atoms with E-state index in [-0.39, 0.29) is 17.0 Å². The Labute approximate surface area is 134 Å². The molecule has 2 heterocycles. The molecule has 1 amide bonds. The number of benzene rings is 1. The largest absolute Gasteiger partial charge is 0.493 e. The average molecular weight is 312 g/mol. The van der Waals surface area contributed by atoms with Crippen LogP contribution >= 0.6 is 0 Å². The second-order valence-electron chi connectivity index (χ2n) is 5.66. The van der Waals surface area contributed by atoms with E-state index in [0.29, 0.717) is 19.7 Å². The molecule has 120 valence electrons. The number of carbonyl (C=O) groups excluding carboxylic acids is 1. The number of ether oxygens (including phenoxy) is 1. The molecule has 2 aromatic rings. The van der Waals surface area contributed by atoms with Crippen molar-refractivity contribution >= 4 is 5.91 Å². The fraction of sp³-hybridized carbons (Fsp3) is 0.333. The summed E-state index contributed by atoms with van der Waals surface area (Å²) in [4.78, 5) is 24.6. The Balaban J connectivity index is 1.74. The summed E-state index contributed by atoms with van der Waals surface area (Å²) in [5, 5.41) is 2.82. The zero-order valence-corrected chi connectivity index (χ0v) is 13.4. The highest BCUT2D eigenvalue weighted by molar-refractivity contribution is 5.93. The van der Waals surface area contributed by atoms with Crippen molar-refractivity contribution in [1.82, 2.24) is 9.88 Å². The number of rotatable bonds is 4. The van der Waals surface area contributed by atoms with E-state index in [1.54, 1.807) is 16.7 Å². The van der Waals surface area contributed by atoms with Gasteiger partial charge in [0.2, 0.25) is 0 Å². The smallest absolute Gasteiger partial charge is 0.263 e. The van der Waals surface area contributed by atoms with Crippen LogP contribution in [0.25, 0.3) is 0 Å². The lowest BCUT2D eigenvalue weighted by Gasteiger charge is -2.10. The van der Waals surface area contributed by atoms with Crippen molar-refractivity contribution < 1.29 is 9.53 Å². The maximum Gasteiger partial charge on any atom is 0.263 e. The maximum absolute atomic E-state index is 12.3. The van der Waals surface area contributed by atoms with Crippen molar-refractivity contribution in [1.29, 1.82) is 0 Å². The van der Waals surface area contributed by atoms with E-state index >= 15 is 0 Å². The number of pyridine rings is 1. The first kappa shape index (κ1) is 15.3. The molecule has 23 heavy (non-hydrogen) atoms. The van der Waals surface area contributed by atoms with Gasteiger partial charge >= 0.3 is 0 Å². The van der Waals surface area contributed by atoms with E-state index in [2.05, 4.69) is 5.32 Å². The predicted octanol–water partition coefficient (Wildman–Crippen LogP) is 2.04. The quantitative estimate of drug-likeness (QED) is 0.940. The van der Waals surface area contributed by atoms with Crippen LogP contribution in [0.5, 0.6) is 5.75 Å². The number of carbonyl (C=O) groups is 1. The van der Waals surface area contributed by atoms with Crippen LogP contribution in [-0.2, 0) is 19.5 Å². The van der Waals surface area contributed by atoms with Crippen molar-refractivity contribution in [2.24, 2.45) is 0 Å². The SMILES string of the molecule is CCn1c(C)ccc(C(=O)NCc2ccc3c(c2)CCO3)c1=O. The molecule has 1 N–H and O–H groups in total. The fourth-order valence-electron chi connectivity index (χ4n) is 2.86. The number of nitrogens with zero attached hydrogens (tertiary/aromatic N) is 1. The lowest BCUT2D eigenvalue weighted by molar-refractivity contribution is 0.0948. The highest BCUT2D eigenvalue weighted by Crippen LogP contribution is 2.25. The first-order valence-electron chi connectivity index (χ1n) is 7.83. The van der Waals surface area contributed by atoms with Crippen molar-refractivity contribution in [2.45, 2.75) is 33.4 Å². The van der Waals surface area contributed by atoms with Crippen LogP contribution in [0.15, 0.2) is 35.1 Å². The second-order valence-corrected chi connectivity index (χ2v) is 5.66. The first-order valence-corrected chi connectivity index (χ1v) is 7.83. The van der Waals surface area contributed by atoms with Gasteiger partial charge in [-0.1, -0.05) is 12.1 Å². The van der Waals surface area contributed by atoms with Crippen LogP contribution in [0.4, 0.5) is 0 Å².